The van der Waals surface area contributed by atoms with E-state index < -0.39 is 11.6 Å². The van der Waals surface area contributed by atoms with Crippen LogP contribution in [0.1, 0.15) is 11.1 Å². The number of Topliss-reactive ketones (excluding diaryl/α,β-unsaturated/α-hetero) is 1. The van der Waals surface area contributed by atoms with Gasteiger partial charge in [0.2, 0.25) is 5.78 Å². The van der Waals surface area contributed by atoms with E-state index in [2.05, 4.69) is 0 Å². The lowest BCUT2D eigenvalue weighted by atomic mass is 9.95. The van der Waals surface area contributed by atoms with Gasteiger partial charge in [0.1, 0.15) is 5.75 Å². The monoisotopic (exact) mass is 228 g/mol. The second kappa shape index (κ2) is 3.42. The van der Waals surface area contributed by atoms with Gasteiger partial charge in [-0.2, -0.15) is 0 Å². The molecule has 2 nitrogen and oxygen atoms in total. The third-order valence-electron chi connectivity index (χ3n) is 3.00. The number of ketones is 1. The van der Waals surface area contributed by atoms with Crippen LogP contribution in [0.2, 0.25) is 0 Å². The number of hydrogen-bond acceptors (Lipinski definition) is 2. The van der Waals surface area contributed by atoms with Crippen LogP contribution >= 0.6 is 0 Å². The van der Waals surface area contributed by atoms with Crippen LogP contribution in [0.4, 0.5) is 4.39 Å². The van der Waals surface area contributed by atoms with Crippen LogP contribution in [0.5, 0.6) is 5.75 Å². The average Bonchev–Trinajstić information content (AvgIpc) is 2.72. The summed E-state index contributed by atoms with van der Waals surface area (Å²) in [6, 6.07) is 5.55. The largest absolute Gasteiger partial charge is 0.497 e. The third kappa shape index (κ3) is 1.35. The molecule has 0 saturated heterocycles. The molecule has 0 aromatic heterocycles. The number of carbonyl (C=O) groups is 1. The van der Waals surface area contributed by atoms with Crippen molar-refractivity contribution in [3.8, 4) is 5.75 Å². The number of benzene rings is 1. The van der Waals surface area contributed by atoms with E-state index in [1.165, 1.54) is 6.08 Å². The van der Waals surface area contributed by atoms with Crippen molar-refractivity contribution < 1.29 is 13.9 Å². The van der Waals surface area contributed by atoms with Crippen molar-refractivity contribution in [1.29, 1.82) is 0 Å². The molecule has 0 amide bonds. The molecule has 0 fully saturated rings. The molecule has 0 atom stereocenters. The number of carbonyl (C=O) groups excluding carboxylic acids is 1. The molecular weight excluding hydrogens is 219 g/mol. The Morgan fingerprint density at radius 3 is 2.76 bits per heavy atom. The molecule has 0 bridgehead atoms. The highest BCUT2D eigenvalue weighted by Gasteiger charge is 2.28. The maximum Gasteiger partial charge on any atom is 0.221 e. The van der Waals surface area contributed by atoms with Crippen molar-refractivity contribution in [3.05, 3.63) is 52.9 Å². The van der Waals surface area contributed by atoms with Crippen molar-refractivity contribution in [2.45, 2.75) is 0 Å². The lowest BCUT2D eigenvalue weighted by Crippen LogP contribution is -2.05. The van der Waals surface area contributed by atoms with Gasteiger partial charge in [0, 0.05) is 5.57 Å². The van der Waals surface area contributed by atoms with Crippen molar-refractivity contribution >= 4 is 17.4 Å². The summed E-state index contributed by atoms with van der Waals surface area (Å²) in [5.41, 5.74) is 3.04. The molecule has 1 aromatic carbocycles. The Balaban J connectivity index is 2.18. The fourth-order valence-electron chi connectivity index (χ4n) is 2.14. The lowest BCUT2D eigenvalue weighted by molar-refractivity contribution is -0.113. The minimum Gasteiger partial charge on any atom is -0.497 e. The molecule has 0 heterocycles. The van der Waals surface area contributed by atoms with E-state index in [0.29, 0.717) is 5.57 Å². The van der Waals surface area contributed by atoms with Crippen LogP contribution < -0.4 is 4.74 Å². The van der Waals surface area contributed by atoms with E-state index in [9.17, 15) is 9.18 Å². The summed E-state index contributed by atoms with van der Waals surface area (Å²) in [6.07, 6.45) is 4.56. The summed E-state index contributed by atoms with van der Waals surface area (Å²) in [4.78, 5) is 11.6. The molecule has 17 heavy (non-hydrogen) atoms. The Morgan fingerprint density at radius 2 is 2.00 bits per heavy atom. The van der Waals surface area contributed by atoms with E-state index in [-0.39, 0.29) is 0 Å². The number of rotatable bonds is 1. The molecule has 0 aliphatic heterocycles. The minimum absolute atomic E-state index is 0.424. The van der Waals surface area contributed by atoms with Crippen molar-refractivity contribution in [3.63, 3.8) is 0 Å². The van der Waals surface area contributed by atoms with Gasteiger partial charge >= 0.3 is 0 Å². The molecule has 2 aliphatic rings. The zero-order chi connectivity index (χ0) is 12.0. The van der Waals surface area contributed by atoms with Gasteiger partial charge in [-0.05, 0) is 41.0 Å². The van der Waals surface area contributed by atoms with Gasteiger partial charge < -0.3 is 4.74 Å². The van der Waals surface area contributed by atoms with Gasteiger partial charge in [0.05, 0.1) is 7.11 Å². The third-order valence-corrected chi connectivity index (χ3v) is 3.00. The van der Waals surface area contributed by atoms with Gasteiger partial charge in [-0.25, -0.2) is 4.39 Å². The van der Waals surface area contributed by atoms with E-state index in [1.807, 2.05) is 18.2 Å². The number of methoxy groups -OCH3 is 1. The van der Waals surface area contributed by atoms with E-state index in [4.69, 9.17) is 4.74 Å². The highest BCUT2D eigenvalue weighted by atomic mass is 19.1. The number of allylic oxidation sites excluding steroid dienone is 5. The Kier molecular flexibility index (Phi) is 2.01. The van der Waals surface area contributed by atoms with Crippen LogP contribution in [-0.4, -0.2) is 12.9 Å². The topological polar surface area (TPSA) is 26.3 Å². The molecule has 0 radical (unpaired) electrons. The average molecular weight is 228 g/mol. The zero-order valence-corrected chi connectivity index (χ0v) is 9.16. The molecular formula is C14H9FO2. The fraction of sp³-hybridized carbons (Fsp3) is 0.0714. The Hall–Kier alpha value is -2.16. The van der Waals surface area contributed by atoms with Crippen LogP contribution in [0.25, 0.3) is 11.6 Å². The molecule has 3 heteroatoms. The molecule has 1 aromatic rings. The Morgan fingerprint density at radius 1 is 1.18 bits per heavy atom. The van der Waals surface area contributed by atoms with Crippen LogP contribution in [-0.2, 0) is 4.79 Å². The van der Waals surface area contributed by atoms with Gasteiger partial charge in [0.25, 0.3) is 0 Å². The predicted octanol–water partition coefficient (Wildman–Crippen LogP) is 2.91. The smallest absolute Gasteiger partial charge is 0.221 e. The number of ether oxygens (including phenoxy) is 1. The maximum atomic E-state index is 13.2. The second-order valence-corrected chi connectivity index (χ2v) is 3.94. The SMILES string of the molecule is COc1ccc2c(c1)C=C1C(=O)C(F)=CC=C12. The van der Waals surface area contributed by atoms with Gasteiger partial charge in [-0.15, -0.1) is 0 Å². The number of halogens is 1. The number of fused-ring (bicyclic) bond motifs is 3. The van der Waals surface area contributed by atoms with Crippen LogP contribution in [0, 0.1) is 0 Å². The van der Waals surface area contributed by atoms with Gasteiger partial charge in [0.15, 0.2) is 5.83 Å². The predicted molar refractivity (Wildman–Crippen MR) is 63.1 cm³/mol. The summed E-state index contributed by atoms with van der Waals surface area (Å²) >= 11 is 0. The zero-order valence-electron chi connectivity index (χ0n) is 9.16. The van der Waals surface area contributed by atoms with E-state index in [0.717, 1.165) is 22.4 Å². The minimum atomic E-state index is -0.709. The Bertz CT molecular complexity index is 621. The molecule has 3 rings (SSSR count). The van der Waals surface area contributed by atoms with Crippen LogP contribution in [0.15, 0.2) is 41.8 Å². The molecule has 2 aliphatic carbocycles. The normalized spacial score (nSPS) is 16.8. The molecule has 84 valence electrons. The highest BCUT2D eigenvalue weighted by molar-refractivity contribution is 6.25. The number of hydrogen-bond donors (Lipinski definition) is 0. The summed E-state index contributed by atoms with van der Waals surface area (Å²) in [5, 5.41) is 0. The van der Waals surface area contributed by atoms with Crippen molar-refractivity contribution in [2.75, 3.05) is 7.11 Å². The molecule has 0 spiro atoms. The summed E-state index contributed by atoms with van der Waals surface area (Å²) in [6.45, 7) is 0. The second-order valence-electron chi connectivity index (χ2n) is 3.94. The Labute approximate surface area is 97.7 Å². The quantitative estimate of drug-likeness (QED) is 0.738. The first-order valence-electron chi connectivity index (χ1n) is 5.23. The highest BCUT2D eigenvalue weighted by Crippen LogP contribution is 2.40. The fourth-order valence-corrected chi connectivity index (χ4v) is 2.14. The standard InChI is InChI=1S/C14H9FO2/c1-17-9-2-3-10-8(6-9)7-12-11(10)4-5-13(15)14(12)16/h2-7H,1H3. The molecule has 0 N–H and O–H groups in total. The lowest BCUT2D eigenvalue weighted by Gasteiger charge is -2.09. The molecule has 0 saturated carbocycles. The van der Waals surface area contributed by atoms with E-state index in [1.54, 1.807) is 19.3 Å². The first-order chi connectivity index (χ1) is 8.20. The van der Waals surface area contributed by atoms with Crippen molar-refractivity contribution in [1.82, 2.24) is 0 Å². The van der Waals surface area contributed by atoms with Gasteiger partial charge in [-0.1, -0.05) is 12.1 Å². The summed E-state index contributed by atoms with van der Waals surface area (Å²) in [7, 11) is 1.59. The van der Waals surface area contributed by atoms with Crippen molar-refractivity contribution in [2.24, 2.45) is 0 Å². The first kappa shape index (κ1) is 10.0. The van der Waals surface area contributed by atoms with Gasteiger partial charge in [-0.3, -0.25) is 4.79 Å². The molecule has 0 unspecified atom stereocenters. The van der Waals surface area contributed by atoms with E-state index >= 15 is 0 Å². The first-order valence-corrected chi connectivity index (χ1v) is 5.23. The summed E-state index contributed by atoms with van der Waals surface area (Å²) in [5.74, 6) is -0.529. The maximum absolute atomic E-state index is 13.2. The van der Waals surface area contributed by atoms with Crippen LogP contribution in [0.3, 0.4) is 0 Å². The summed E-state index contributed by atoms with van der Waals surface area (Å²) < 4.78 is 18.3.